The molecule has 0 radical (unpaired) electrons. The maximum Gasteiger partial charge on any atom is 0.122 e. The van der Waals surface area contributed by atoms with E-state index in [9.17, 15) is 0 Å². The van der Waals surface area contributed by atoms with Gasteiger partial charge in [-0.25, -0.2) is 0 Å². The molecule has 72 valence electrons. The normalized spacial score (nSPS) is 12.6. The molecule has 0 spiro atoms. The summed E-state index contributed by atoms with van der Waals surface area (Å²) < 4.78 is 5.55. The molecule has 0 fully saturated rings. The summed E-state index contributed by atoms with van der Waals surface area (Å²) in [4.78, 5) is 0. The third-order valence-corrected chi connectivity index (χ3v) is 2.06. The predicted molar refractivity (Wildman–Crippen MR) is 55.1 cm³/mol. The average molecular weight is 179 g/mol. The molecule has 0 saturated carbocycles. The van der Waals surface area contributed by atoms with Crippen LogP contribution in [0.4, 0.5) is 0 Å². The minimum absolute atomic E-state index is 0.0833. The van der Waals surface area contributed by atoms with Gasteiger partial charge >= 0.3 is 0 Å². The smallest absolute Gasteiger partial charge is 0.122 e. The van der Waals surface area contributed by atoms with Crippen LogP contribution in [0.5, 0.6) is 5.75 Å². The van der Waals surface area contributed by atoms with E-state index in [1.54, 1.807) is 0 Å². The molecule has 2 heteroatoms. The summed E-state index contributed by atoms with van der Waals surface area (Å²) in [6, 6.07) is 6.14. The minimum Gasteiger partial charge on any atom is -0.492 e. The molecule has 1 aromatic carbocycles. The molecule has 13 heavy (non-hydrogen) atoms. The Kier molecular flexibility index (Phi) is 3.32. The molecule has 0 aromatic heterocycles. The number of ether oxygens (including phenoxy) is 1. The molecule has 1 aromatic rings. The van der Waals surface area contributed by atoms with Crippen LogP contribution in [0.15, 0.2) is 18.2 Å². The summed E-state index contributed by atoms with van der Waals surface area (Å²) in [7, 11) is 0. The van der Waals surface area contributed by atoms with Gasteiger partial charge in [-0.3, -0.25) is 0 Å². The first-order chi connectivity index (χ1) is 6.11. The highest BCUT2D eigenvalue weighted by Gasteiger charge is 2.02. The fraction of sp³-hybridized carbons (Fsp3) is 0.455. The number of benzene rings is 1. The summed E-state index contributed by atoms with van der Waals surface area (Å²) in [6.07, 6.45) is 0. The fourth-order valence-electron chi connectivity index (χ4n) is 1.10. The quantitative estimate of drug-likeness (QED) is 0.770. The highest BCUT2D eigenvalue weighted by Crippen LogP contribution is 2.20. The molecule has 1 rings (SSSR count). The molecule has 1 unspecified atom stereocenters. The van der Waals surface area contributed by atoms with E-state index < -0.39 is 0 Å². The van der Waals surface area contributed by atoms with E-state index in [0.29, 0.717) is 6.61 Å². The van der Waals surface area contributed by atoms with Crippen molar-refractivity contribution >= 4 is 0 Å². The maximum absolute atomic E-state index is 5.60. The maximum atomic E-state index is 5.60. The fourth-order valence-corrected chi connectivity index (χ4v) is 1.10. The van der Waals surface area contributed by atoms with Gasteiger partial charge in [0, 0.05) is 6.04 Å². The lowest BCUT2D eigenvalue weighted by Gasteiger charge is -2.12. The van der Waals surface area contributed by atoms with E-state index in [-0.39, 0.29) is 6.04 Å². The van der Waals surface area contributed by atoms with Gasteiger partial charge in [-0.1, -0.05) is 12.1 Å². The van der Waals surface area contributed by atoms with Gasteiger partial charge < -0.3 is 10.5 Å². The first-order valence-electron chi connectivity index (χ1n) is 4.56. The molecule has 0 aliphatic rings. The molecule has 0 aliphatic heterocycles. The molecule has 0 bridgehead atoms. The molecular weight excluding hydrogens is 162 g/mol. The minimum atomic E-state index is 0.0833. The molecule has 1 atom stereocenters. The first kappa shape index (κ1) is 10.1. The monoisotopic (exact) mass is 179 g/mol. The number of rotatable bonds is 3. The molecule has 0 heterocycles. The van der Waals surface area contributed by atoms with Crippen LogP contribution in [0.25, 0.3) is 0 Å². The van der Waals surface area contributed by atoms with Crippen molar-refractivity contribution in [3.8, 4) is 5.75 Å². The van der Waals surface area contributed by atoms with Crippen molar-refractivity contribution in [2.45, 2.75) is 26.8 Å². The van der Waals surface area contributed by atoms with E-state index in [0.717, 1.165) is 5.75 Å². The zero-order valence-corrected chi connectivity index (χ0v) is 8.50. The third kappa shape index (κ3) is 2.74. The van der Waals surface area contributed by atoms with E-state index in [4.69, 9.17) is 10.5 Å². The van der Waals surface area contributed by atoms with E-state index in [1.165, 1.54) is 11.1 Å². The Morgan fingerprint density at radius 1 is 1.38 bits per heavy atom. The lowest BCUT2D eigenvalue weighted by Crippen LogP contribution is -2.23. The Balaban J connectivity index is 2.71. The van der Waals surface area contributed by atoms with Crippen LogP contribution in [0.3, 0.4) is 0 Å². The van der Waals surface area contributed by atoms with E-state index in [1.807, 2.05) is 19.1 Å². The summed E-state index contributed by atoms with van der Waals surface area (Å²) in [6.45, 7) is 6.65. The summed E-state index contributed by atoms with van der Waals surface area (Å²) in [5.41, 5.74) is 8.05. The molecule has 0 amide bonds. The van der Waals surface area contributed by atoms with E-state index in [2.05, 4.69) is 19.9 Å². The zero-order valence-electron chi connectivity index (χ0n) is 8.50. The van der Waals surface area contributed by atoms with Crippen LogP contribution >= 0.6 is 0 Å². The Labute approximate surface area is 79.7 Å². The van der Waals surface area contributed by atoms with Crippen LogP contribution < -0.4 is 10.5 Å². The highest BCUT2D eigenvalue weighted by molar-refractivity contribution is 5.38. The first-order valence-corrected chi connectivity index (χ1v) is 4.56. The Bertz CT molecular complexity index is 281. The summed E-state index contributed by atoms with van der Waals surface area (Å²) in [5, 5.41) is 0. The number of hydrogen-bond acceptors (Lipinski definition) is 2. The van der Waals surface area contributed by atoms with Crippen LogP contribution in [0.1, 0.15) is 18.1 Å². The lowest BCUT2D eigenvalue weighted by molar-refractivity contribution is 0.294. The van der Waals surface area contributed by atoms with Gasteiger partial charge in [-0.2, -0.15) is 0 Å². The van der Waals surface area contributed by atoms with Gasteiger partial charge in [0.05, 0.1) is 0 Å². The number of aryl methyl sites for hydroxylation is 1. The second kappa shape index (κ2) is 4.28. The largest absolute Gasteiger partial charge is 0.492 e. The number of hydrogen-bond donors (Lipinski definition) is 1. The lowest BCUT2D eigenvalue weighted by atomic mass is 10.1. The van der Waals surface area contributed by atoms with Gasteiger partial charge in [0.15, 0.2) is 0 Å². The standard InChI is InChI=1S/C11H17NO/c1-8-5-4-6-11(10(8)3)13-7-9(2)12/h4-6,9H,7,12H2,1-3H3. The van der Waals surface area contributed by atoms with Crippen LogP contribution in [-0.2, 0) is 0 Å². The van der Waals surface area contributed by atoms with Crippen molar-refractivity contribution in [1.82, 2.24) is 0 Å². The van der Waals surface area contributed by atoms with Crippen LogP contribution in [0, 0.1) is 13.8 Å². The van der Waals surface area contributed by atoms with Gasteiger partial charge in [-0.05, 0) is 38.0 Å². The molecule has 2 N–H and O–H groups in total. The highest BCUT2D eigenvalue weighted by atomic mass is 16.5. The SMILES string of the molecule is Cc1cccc(OCC(C)N)c1C. The average Bonchev–Trinajstić information content (AvgIpc) is 2.07. The second-order valence-corrected chi connectivity index (χ2v) is 3.49. The summed E-state index contributed by atoms with van der Waals surface area (Å²) >= 11 is 0. The molecule has 0 saturated heterocycles. The van der Waals surface area contributed by atoms with Gasteiger partial charge in [-0.15, -0.1) is 0 Å². The van der Waals surface area contributed by atoms with Crippen molar-refractivity contribution in [3.63, 3.8) is 0 Å². The van der Waals surface area contributed by atoms with Crippen molar-refractivity contribution in [2.24, 2.45) is 5.73 Å². The molecule has 0 aliphatic carbocycles. The zero-order chi connectivity index (χ0) is 9.84. The Morgan fingerprint density at radius 3 is 2.69 bits per heavy atom. The van der Waals surface area contributed by atoms with Crippen molar-refractivity contribution < 1.29 is 4.74 Å². The van der Waals surface area contributed by atoms with Gasteiger partial charge in [0.1, 0.15) is 12.4 Å². The van der Waals surface area contributed by atoms with Gasteiger partial charge in [0.2, 0.25) is 0 Å². The topological polar surface area (TPSA) is 35.2 Å². The summed E-state index contributed by atoms with van der Waals surface area (Å²) in [5.74, 6) is 0.942. The van der Waals surface area contributed by atoms with Crippen molar-refractivity contribution in [3.05, 3.63) is 29.3 Å². The Hall–Kier alpha value is -1.02. The Morgan fingerprint density at radius 2 is 2.08 bits per heavy atom. The van der Waals surface area contributed by atoms with Crippen molar-refractivity contribution in [2.75, 3.05) is 6.61 Å². The predicted octanol–water partition coefficient (Wildman–Crippen LogP) is 2.03. The molecular formula is C11H17NO. The third-order valence-electron chi connectivity index (χ3n) is 2.06. The van der Waals surface area contributed by atoms with Crippen molar-refractivity contribution in [1.29, 1.82) is 0 Å². The van der Waals surface area contributed by atoms with Crippen LogP contribution in [0.2, 0.25) is 0 Å². The molecule has 2 nitrogen and oxygen atoms in total. The number of nitrogens with two attached hydrogens (primary N) is 1. The van der Waals surface area contributed by atoms with Gasteiger partial charge in [0.25, 0.3) is 0 Å². The second-order valence-electron chi connectivity index (χ2n) is 3.49. The van der Waals surface area contributed by atoms with E-state index >= 15 is 0 Å². The van der Waals surface area contributed by atoms with Crippen LogP contribution in [-0.4, -0.2) is 12.6 Å².